The summed E-state index contributed by atoms with van der Waals surface area (Å²) in [5.41, 5.74) is 0.418. The third-order valence-corrected chi connectivity index (χ3v) is 5.08. The van der Waals surface area contributed by atoms with Gasteiger partial charge in [-0.3, -0.25) is 19.2 Å². The third kappa shape index (κ3) is 2.67. The summed E-state index contributed by atoms with van der Waals surface area (Å²) in [6.07, 6.45) is 1.85. The Morgan fingerprint density at radius 3 is 2.29 bits per heavy atom. The lowest BCUT2D eigenvalue weighted by Gasteiger charge is -2.30. The molecule has 0 unspecified atom stereocenters. The van der Waals surface area contributed by atoms with Crippen LogP contribution in [0, 0.1) is 0 Å². The molecule has 1 aliphatic heterocycles. The van der Waals surface area contributed by atoms with Crippen LogP contribution in [0.4, 0.5) is 11.4 Å². The van der Waals surface area contributed by atoms with Crippen LogP contribution in [0.25, 0.3) is 0 Å². The van der Waals surface area contributed by atoms with E-state index in [-0.39, 0.29) is 39.5 Å². The van der Waals surface area contributed by atoms with Crippen molar-refractivity contribution in [2.24, 2.45) is 0 Å². The number of hydrogen-bond donors (Lipinski definition) is 2. The number of nitrogens with zero attached hydrogens (tertiary/aromatic N) is 1. The molecule has 0 aromatic heterocycles. The molecule has 0 saturated carbocycles. The van der Waals surface area contributed by atoms with Crippen LogP contribution in [0.3, 0.4) is 0 Å². The Kier molecular flexibility index (Phi) is 4.22. The zero-order chi connectivity index (χ0) is 20.0. The van der Waals surface area contributed by atoms with E-state index in [2.05, 4.69) is 5.32 Å². The molecule has 28 heavy (non-hydrogen) atoms. The maximum atomic E-state index is 13.1. The van der Waals surface area contributed by atoms with Crippen molar-refractivity contribution < 1.29 is 24.3 Å². The Labute approximate surface area is 161 Å². The van der Waals surface area contributed by atoms with Crippen molar-refractivity contribution in [3.8, 4) is 5.75 Å². The van der Waals surface area contributed by atoms with Crippen LogP contribution in [0.5, 0.6) is 5.75 Å². The largest absolute Gasteiger partial charge is 0.505 e. The zero-order valence-electron chi connectivity index (χ0n) is 15.2. The zero-order valence-corrected chi connectivity index (χ0v) is 15.2. The van der Waals surface area contributed by atoms with E-state index in [1.165, 1.54) is 30.0 Å². The van der Waals surface area contributed by atoms with Gasteiger partial charge in [0.1, 0.15) is 0 Å². The monoisotopic (exact) mass is 378 g/mol. The molecular weight excluding hydrogens is 360 g/mol. The van der Waals surface area contributed by atoms with Crippen LogP contribution in [-0.2, 0) is 9.59 Å². The van der Waals surface area contributed by atoms with Crippen molar-refractivity contribution in [3.63, 3.8) is 0 Å². The SMILES string of the molecule is CC(=O)Nc1cc(N2CCCCC2=O)c(O)c2c1C(=O)c1ccccc1C2=O. The molecule has 0 bridgehead atoms. The number of ketones is 2. The molecule has 2 aliphatic rings. The summed E-state index contributed by atoms with van der Waals surface area (Å²) in [7, 11) is 0. The maximum Gasteiger partial charge on any atom is 0.227 e. The van der Waals surface area contributed by atoms with Crippen molar-refractivity contribution in [3.05, 3.63) is 52.6 Å². The number of carbonyl (C=O) groups excluding carboxylic acids is 4. The number of nitrogens with one attached hydrogen (secondary N) is 1. The number of hydrogen-bond acceptors (Lipinski definition) is 5. The maximum absolute atomic E-state index is 13.1. The van der Waals surface area contributed by atoms with Gasteiger partial charge in [0.15, 0.2) is 17.3 Å². The average molecular weight is 378 g/mol. The molecule has 0 atom stereocenters. The van der Waals surface area contributed by atoms with Gasteiger partial charge in [-0.15, -0.1) is 0 Å². The number of carbonyl (C=O) groups is 4. The van der Waals surface area contributed by atoms with E-state index >= 15 is 0 Å². The second-order valence-electron chi connectivity index (χ2n) is 6.93. The number of aromatic hydroxyl groups is 1. The third-order valence-electron chi connectivity index (χ3n) is 5.08. The van der Waals surface area contributed by atoms with Crippen LogP contribution < -0.4 is 10.2 Å². The molecule has 2 aromatic rings. The van der Waals surface area contributed by atoms with E-state index in [1.54, 1.807) is 12.1 Å². The Morgan fingerprint density at radius 1 is 1.04 bits per heavy atom. The van der Waals surface area contributed by atoms with Crippen molar-refractivity contribution in [2.45, 2.75) is 26.2 Å². The molecule has 0 spiro atoms. The fraction of sp³-hybridized carbons (Fsp3) is 0.238. The van der Waals surface area contributed by atoms with Gasteiger partial charge >= 0.3 is 0 Å². The highest BCUT2D eigenvalue weighted by Gasteiger charge is 2.37. The Morgan fingerprint density at radius 2 is 1.68 bits per heavy atom. The van der Waals surface area contributed by atoms with Gasteiger partial charge < -0.3 is 15.3 Å². The molecule has 2 aromatic carbocycles. The Hall–Kier alpha value is -3.48. The van der Waals surface area contributed by atoms with E-state index in [1.807, 2.05) is 0 Å². The molecule has 7 nitrogen and oxygen atoms in total. The topological polar surface area (TPSA) is 104 Å². The van der Waals surface area contributed by atoms with Gasteiger partial charge in [0.25, 0.3) is 0 Å². The van der Waals surface area contributed by atoms with Crippen LogP contribution in [0.2, 0.25) is 0 Å². The summed E-state index contributed by atoms with van der Waals surface area (Å²) in [6.45, 7) is 1.68. The number of phenols is 1. The first-order valence-electron chi connectivity index (χ1n) is 9.06. The first-order valence-corrected chi connectivity index (χ1v) is 9.06. The lowest BCUT2D eigenvalue weighted by atomic mass is 9.82. The highest BCUT2D eigenvalue weighted by atomic mass is 16.3. The first-order chi connectivity index (χ1) is 13.4. The van der Waals surface area contributed by atoms with E-state index in [0.29, 0.717) is 13.0 Å². The van der Waals surface area contributed by atoms with Crippen LogP contribution in [0.15, 0.2) is 30.3 Å². The summed E-state index contributed by atoms with van der Waals surface area (Å²) in [5, 5.41) is 13.5. The number of phenolic OH excluding ortho intramolecular Hbond substituents is 1. The van der Waals surface area contributed by atoms with Gasteiger partial charge in [-0.05, 0) is 18.9 Å². The number of benzene rings is 2. The molecule has 0 radical (unpaired) electrons. The van der Waals surface area contributed by atoms with Gasteiger partial charge in [0, 0.05) is 31.0 Å². The molecule has 1 fully saturated rings. The Bertz CT molecular complexity index is 1060. The summed E-state index contributed by atoms with van der Waals surface area (Å²) in [6, 6.07) is 7.74. The lowest BCUT2D eigenvalue weighted by Crippen LogP contribution is -2.36. The highest BCUT2D eigenvalue weighted by Crippen LogP contribution is 2.44. The second-order valence-corrected chi connectivity index (χ2v) is 6.93. The molecule has 2 amide bonds. The minimum absolute atomic E-state index is 0.0513. The second kappa shape index (κ2) is 6.60. The minimum atomic E-state index is -0.513. The fourth-order valence-electron chi connectivity index (χ4n) is 3.82. The van der Waals surface area contributed by atoms with Gasteiger partial charge in [-0.1, -0.05) is 24.3 Å². The minimum Gasteiger partial charge on any atom is -0.505 e. The van der Waals surface area contributed by atoms with Crippen molar-refractivity contribution in [1.82, 2.24) is 0 Å². The van der Waals surface area contributed by atoms with Gasteiger partial charge in [-0.2, -0.15) is 0 Å². The number of piperidine rings is 1. The molecular formula is C21H18N2O5. The van der Waals surface area contributed by atoms with E-state index in [0.717, 1.165) is 12.8 Å². The number of fused-ring (bicyclic) bond motifs is 2. The van der Waals surface area contributed by atoms with Gasteiger partial charge in [0.2, 0.25) is 11.8 Å². The van der Waals surface area contributed by atoms with Gasteiger partial charge in [0.05, 0.1) is 22.5 Å². The summed E-state index contributed by atoms with van der Waals surface area (Å²) in [4.78, 5) is 51.7. The van der Waals surface area contributed by atoms with E-state index < -0.39 is 23.2 Å². The van der Waals surface area contributed by atoms with Crippen molar-refractivity contribution in [2.75, 3.05) is 16.8 Å². The van der Waals surface area contributed by atoms with Crippen molar-refractivity contribution in [1.29, 1.82) is 0 Å². The molecule has 1 saturated heterocycles. The smallest absolute Gasteiger partial charge is 0.227 e. The molecule has 1 heterocycles. The number of anilines is 2. The highest BCUT2D eigenvalue weighted by molar-refractivity contribution is 6.32. The van der Waals surface area contributed by atoms with Gasteiger partial charge in [-0.25, -0.2) is 0 Å². The predicted molar refractivity (Wildman–Crippen MR) is 102 cm³/mol. The molecule has 4 rings (SSSR count). The van der Waals surface area contributed by atoms with Crippen LogP contribution >= 0.6 is 0 Å². The van der Waals surface area contributed by atoms with Crippen molar-refractivity contribution >= 4 is 34.8 Å². The lowest BCUT2D eigenvalue weighted by molar-refractivity contribution is -0.119. The molecule has 142 valence electrons. The summed E-state index contributed by atoms with van der Waals surface area (Å²) in [5.74, 6) is -1.98. The summed E-state index contributed by atoms with van der Waals surface area (Å²) >= 11 is 0. The van der Waals surface area contributed by atoms with Crippen LogP contribution in [0.1, 0.15) is 58.0 Å². The molecule has 2 N–H and O–H groups in total. The van der Waals surface area contributed by atoms with E-state index in [9.17, 15) is 24.3 Å². The average Bonchev–Trinajstić information content (AvgIpc) is 2.67. The van der Waals surface area contributed by atoms with Crippen LogP contribution in [-0.4, -0.2) is 35.0 Å². The van der Waals surface area contributed by atoms with E-state index in [4.69, 9.17) is 0 Å². The Balaban J connectivity index is 1.99. The predicted octanol–water partition coefficient (Wildman–Crippen LogP) is 2.64. The molecule has 1 aliphatic carbocycles. The standard InChI is InChI=1S/C21H18N2O5/c1-11(24)22-14-10-15(23-9-5-4-8-16(23)25)21(28)18-17(14)19(26)12-6-2-3-7-13(12)20(18)27/h2-3,6-7,10,28H,4-5,8-9H2,1H3,(H,22,24). The fourth-order valence-corrected chi connectivity index (χ4v) is 3.82. The summed E-state index contributed by atoms with van der Waals surface area (Å²) < 4.78 is 0. The first kappa shape index (κ1) is 17.9. The number of amides is 2. The quantitative estimate of drug-likeness (QED) is 0.667. The molecule has 7 heteroatoms. The normalized spacial score (nSPS) is 15.9. The number of rotatable bonds is 2.